The number of aliphatic hydroxyl groups is 1. The second-order valence-corrected chi connectivity index (χ2v) is 4.16. The molecule has 1 aliphatic heterocycles. The minimum Gasteiger partial charge on any atom is -0.392 e. The number of nitrogens with zero attached hydrogens (tertiary/aromatic N) is 2. The Labute approximate surface area is 95.9 Å². The third-order valence-electron chi connectivity index (χ3n) is 2.90. The fourth-order valence-electron chi connectivity index (χ4n) is 2.08. The van der Waals surface area contributed by atoms with E-state index in [1.165, 1.54) is 0 Å². The first-order chi connectivity index (χ1) is 7.81. The Hall–Kier alpha value is -1.13. The molecular weight excluding hydrogens is 204 g/mol. The van der Waals surface area contributed by atoms with E-state index in [1.807, 2.05) is 19.2 Å². The van der Waals surface area contributed by atoms with Gasteiger partial charge in [0.25, 0.3) is 0 Å². The van der Waals surface area contributed by atoms with E-state index in [4.69, 9.17) is 4.74 Å². The quantitative estimate of drug-likeness (QED) is 0.831. The van der Waals surface area contributed by atoms with E-state index in [0.717, 1.165) is 37.4 Å². The molecule has 0 aliphatic carbocycles. The lowest BCUT2D eigenvalue weighted by Gasteiger charge is -2.23. The summed E-state index contributed by atoms with van der Waals surface area (Å²) < 4.78 is 5.59. The van der Waals surface area contributed by atoms with Crippen LogP contribution in [0, 0.1) is 0 Å². The molecule has 0 radical (unpaired) electrons. The summed E-state index contributed by atoms with van der Waals surface area (Å²) in [5, 5.41) is 9.23. The lowest BCUT2D eigenvalue weighted by atomic mass is 10.2. The molecule has 0 bridgehead atoms. The zero-order chi connectivity index (χ0) is 11.4. The second kappa shape index (κ2) is 5.27. The highest BCUT2D eigenvalue weighted by atomic mass is 16.5. The molecule has 16 heavy (non-hydrogen) atoms. The summed E-state index contributed by atoms with van der Waals surface area (Å²) >= 11 is 0. The molecule has 1 unspecified atom stereocenters. The predicted molar refractivity (Wildman–Crippen MR) is 62.4 cm³/mol. The van der Waals surface area contributed by atoms with Crippen LogP contribution in [0.3, 0.4) is 0 Å². The normalized spacial score (nSPS) is 20.0. The summed E-state index contributed by atoms with van der Waals surface area (Å²) in [5.74, 6) is 0.848. The highest BCUT2D eigenvalue weighted by Gasteiger charge is 2.19. The fraction of sp³-hybridized carbons (Fsp3) is 0.583. The highest BCUT2D eigenvalue weighted by Crippen LogP contribution is 2.19. The number of hydrogen-bond donors (Lipinski definition) is 1. The molecular formula is C12H18N2O2. The van der Waals surface area contributed by atoms with Crippen LogP contribution in [0.5, 0.6) is 0 Å². The van der Waals surface area contributed by atoms with Gasteiger partial charge in [-0.2, -0.15) is 0 Å². The molecule has 1 saturated heterocycles. The van der Waals surface area contributed by atoms with Crippen LogP contribution in [0.4, 0.5) is 5.82 Å². The van der Waals surface area contributed by atoms with Gasteiger partial charge in [0.2, 0.25) is 0 Å². The third-order valence-corrected chi connectivity index (χ3v) is 2.90. The van der Waals surface area contributed by atoms with Gasteiger partial charge >= 0.3 is 0 Å². The van der Waals surface area contributed by atoms with Gasteiger partial charge in [0.1, 0.15) is 5.82 Å². The Morgan fingerprint density at radius 2 is 2.50 bits per heavy atom. The van der Waals surface area contributed by atoms with Crippen molar-refractivity contribution in [3.8, 4) is 0 Å². The van der Waals surface area contributed by atoms with Crippen molar-refractivity contribution >= 4 is 5.82 Å². The maximum atomic E-state index is 9.23. The SMILES string of the molecule is CN(CC1CCCO1)c1ncccc1CO. The zero-order valence-corrected chi connectivity index (χ0v) is 9.59. The van der Waals surface area contributed by atoms with E-state index in [0.29, 0.717) is 6.10 Å². The minimum absolute atomic E-state index is 0.0268. The number of likely N-dealkylation sites (N-methyl/N-ethyl adjacent to an activating group) is 1. The molecule has 4 heteroatoms. The largest absolute Gasteiger partial charge is 0.392 e. The monoisotopic (exact) mass is 222 g/mol. The van der Waals surface area contributed by atoms with E-state index in [2.05, 4.69) is 9.88 Å². The molecule has 0 aromatic carbocycles. The van der Waals surface area contributed by atoms with Gasteiger partial charge in [-0.3, -0.25) is 0 Å². The van der Waals surface area contributed by atoms with Crippen LogP contribution in [0.2, 0.25) is 0 Å². The van der Waals surface area contributed by atoms with Crippen molar-refractivity contribution in [2.75, 3.05) is 25.1 Å². The van der Waals surface area contributed by atoms with Crippen molar-refractivity contribution in [3.05, 3.63) is 23.9 Å². The molecule has 1 atom stereocenters. The van der Waals surface area contributed by atoms with Crippen molar-refractivity contribution in [2.24, 2.45) is 0 Å². The van der Waals surface area contributed by atoms with Crippen molar-refractivity contribution in [1.29, 1.82) is 0 Å². The summed E-state index contributed by atoms with van der Waals surface area (Å²) in [5.41, 5.74) is 0.864. The van der Waals surface area contributed by atoms with Gasteiger partial charge in [-0.1, -0.05) is 6.07 Å². The molecule has 88 valence electrons. The molecule has 0 saturated carbocycles. The van der Waals surface area contributed by atoms with Crippen LogP contribution in [-0.2, 0) is 11.3 Å². The minimum atomic E-state index is 0.0268. The summed E-state index contributed by atoms with van der Waals surface area (Å²) in [6.07, 6.45) is 4.32. The Morgan fingerprint density at radius 1 is 1.62 bits per heavy atom. The molecule has 0 amide bonds. The van der Waals surface area contributed by atoms with Gasteiger partial charge in [-0.05, 0) is 18.9 Å². The van der Waals surface area contributed by atoms with Gasteiger partial charge in [-0.15, -0.1) is 0 Å². The fourth-order valence-corrected chi connectivity index (χ4v) is 2.08. The Bertz CT molecular complexity index is 338. The highest BCUT2D eigenvalue weighted by molar-refractivity contribution is 5.45. The first-order valence-corrected chi connectivity index (χ1v) is 5.68. The molecule has 2 rings (SSSR count). The average molecular weight is 222 g/mol. The molecule has 1 fully saturated rings. The van der Waals surface area contributed by atoms with Crippen molar-refractivity contribution < 1.29 is 9.84 Å². The maximum Gasteiger partial charge on any atom is 0.133 e. The van der Waals surface area contributed by atoms with Crippen LogP contribution in [-0.4, -0.2) is 36.4 Å². The van der Waals surface area contributed by atoms with Crippen LogP contribution in [0.1, 0.15) is 18.4 Å². The van der Waals surface area contributed by atoms with Gasteiger partial charge in [0.15, 0.2) is 0 Å². The number of hydrogen-bond acceptors (Lipinski definition) is 4. The molecule has 1 aliphatic rings. The first-order valence-electron chi connectivity index (χ1n) is 5.68. The number of ether oxygens (including phenoxy) is 1. The second-order valence-electron chi connectivity index (χ2n) is 4.16. The zero-order valence-electron chi connectivity index (χ0n) is 9.59. The Balaban J connectivity index is 2.04. The number of anilines is 1. The molecule has 1 aromatic heterocycles. The van der Waals surface area contributed by atoms with E-state index >= 15 is 0 Å². The molecule has 1 aromatic rings. The number of aliphatic hydroxyl groups excluding tert-OH is 1. The van der Waals surface area contributed by atoms with Gasteiger partial charge < -0.3 is 14.7 Å². The van der Waals surface area contributed by atoms with Gasteiger partial charge in [0, 0.05) is 32.0 Å². The molecule has 2 heterocycles. The summed E-state index contributed by atoms with van der Waals surface area (Å²) in [6.45, 7) is 1.73. The lowest BCUT2D eigenvalue weighted by molar-refractivity contribution is 0.116. The third kappa shape index (κ3) is 2.51. The van der Waals surface area contributed by atoms with Gasteiger partial charge in [0.05, 0.1) is 12.7 Å². The molecule has 4 nitrogen and oxygen atoms in total. The lowest BCUT2D eigenvalue weighted by Crippen LogP contribution is -2.29. The maximum absolute atomic E-state index is 9.23. The van der Waals surface area contributed by atoms with E-state index < -0.39 is 0 Å². The standard InChI is InChI=1S/C12H18N2O2/c1-14(8-11-5-3-7-16-11)12-10(9-15)4-2-6-13-12/h2,4,6,11,15H,3,5,7-9H2,1H3. The van der Waals surface area contributed by atoms with Crippen molar-refractivity contribution in [3.63, 3.8) is 0 Å². The van der Waals surface area contributed by atoms with E-state index in [-0.39, 0.29) is 6.61 Å². The first kappa shape index (κ1) is 11.4. The summed E-state index contributed by atoms with van der Waals surface area (Å²) in [4.78, 5) is 6.36. The predicted octanol–water partition coefficient (Wildman–Crippen LogP) is 1.19. The van der Waals surface area contributed by atoms with Crippen molar-refractivity contribution in [2.45, 2.75) is 25.6 Å². The van der Waals surface area contributed by atoms with Gasteiger partial charge in [-0.25, -0.2) is 4.98 Å². The molecule has 1 N–H and O–H groups in total. The van der Waals surface area contributed by atoms with Crippen LogP contribution < -0.4 is 4.90 Å². The summed E-state index contributed by atoms with van der Waals surface area (Å²) in [6, 6.07) is 3.74. The van der Waals surface area contributed by atoms with Crippen LogP contribution in [0.25, 0.3) is 0 Å². The topological polar surface area (TPSA) is 45.6 Å². The Morgan fingerprint density at radius 3 is 3.19 bits per heavy atom. The average Bonchev–Trinajstić information content (AvgIpc) is 2.81. The van der Waals surface area contributed by atoms with E-state index in [9.17, 15) is 5.11 Å². The van der Waals surface area contributed by atoms with E-state index in [1.54, 1.807) is 6.20 Å². The number of pyridine rings is 1. The molecule has 0 spiro atoms. The van der Waals surface area contributed by atoms with Crippen LogP contribution in [0.15, 0.2) is 18.3 Å². The Kier molecular flexibility index (Phi) is 3.74. The smallest absolute Gasteiger partial charge is 0.133 e. The number of aromatic nitrogens is 1. The van der Waals surface area contributed by atoms with Crippen LogP contribution >= 0.6 is 0 Å². The number of rotatable bonds is 4. The summed E-state index contributed by atoms with van der Waals surface area (Å²) in [7, 11) is 1.99. The van der Waals surface area contributed by atoms with Crippen molar-refractivity contribution in [1.82, 2.24) is 4.98 Å².